The summed E-state index contributed by atoms with van der Waals surface area (Å²) in [6.45, 7) is 6.56. The Morgan fingerprint density at radius 3 is 2.63 bits per heavy atom. The van der Waals surface area contributed by atoms with Gasteiger partial charge in [0.25, 0.3) is 0 Å². The number of likely N-dealkylation sites (N-methyl/N-ethyl adjacent to an activating group) is 1. The third kappa shape index (κ3) is 4.71. The van der Waals surface area contributed by atoms with E-state index in [1.807, 2.05) is 24.3 Å². The first-order valence-corrected chi connectivity index (χ1v) is 9.28. The highest BCUT2D eigenvalue weighted by Gasteiger charge is 2.22. The molecule has 0 bridgehead atoms. The van der Waals surface area contributed by atoms with Crippen molar-refractivity contribution < 1.29 is 14.6 Å². The van der Waals surface area contributed by atoms with Crippen LogP contribution in [-0.4, -0.2) is 49.3 Å². The summed E-state index contributed by atoms with van der Waals surface area (Å²) < 4.78 is 5.25. The molecule has 6 nitrogen and oxygen atoms in total. The summed E-state index contributed by atoms with van der Waals surface area (Å²) in [5.41, 5.74) is 4.39. The van der Waals surface area contributed by atoms with Gasteiger partial charge < -0.3 is 20.1 Å². The Morgan fingerprint density at radius 2 is 1.96 bits per heavy atom. The quantitative estimate of drug-likeness (QED) is 0.782. The van der Waals surface area contributed by atoms with Gasteiger partial charge in [-0.15, -0.1) is 0 Å². The van der Waals surface area contributed by atoms with E-state index in [1.165, 1.54) is 11.1 Å². The van der Waals surface area contributed by atoms with Crippen LogP contribution in [0.2, 0.25) is 0 Å². The molecule has 27 heavy (non-hydrogen) atoms. The van der Waals surface area contributed by atoms with Crippen LogP contribution in [0, 0.1) is 0 Å². The van der Waals surface area contributed by atoms with E-state index in [1.54, 1.807) is 7.11 Å². The molecule has 1 heterocycles. The van der Waals surface area contributed by atoms with Crippen LogP contribution in [0.3, 0.4) is 0 Å². The van der Waals surface area contributed by atoms with Gasteiger partial charge in [0.15, 0.2) is 0 Å². The van der Waals surface area contributed by atoms with E-state index in [9.17, 15) is 4.79 Å². The number of hydrogen-bond donors (Lipinski definition) is 2. The number of benzene rings is 2. The molecule has 0 fully saturated rings. The molecule has 0 radical (unpaired) electrons. The fourth-order valence-corrected chi connectivity index (χ4v) is 3.48. The first-order chi connectivity index (χ1) is 13.1. The van der Waals surface area contributed by atoms with Gasteiger partial charge in [-0.25, -0.2) is 0 Å². The number of hydrogen-bond acceptors (Lipinski definition) is 5. The van der Waals surface area contributed by atoms with Crippen LogP contribution in [0.1, 0.15) is 18.1 Å². The van der Waals surface area contributed by atoms with Gasteiger partial charge >= 0.3 is 5.97 Å². The Kier molecular flexibility index (Phi) is 6.19. The minimum absolute atomic E-state index is 0.0929. The Morgan fingerprint density at radius 1 is 1.19 bits per heavy atom. The molecule has 0 spiro atoms. The molecule has 3 rings (SSSR count). The Hall–Kier alpha value is -2.73. The second kappa shape index (κ2) is 8.77. The van der Waals surface area contributed by atoms with Gasteiger partial charge in [0.2, 0.25) is 0 Å². The van der Waals surface area contributed by atoms with Crippen LogP contribution in [0.15, 0.2) is 42.5 Å². The highest BCUT2D eigenvalue weighted by molar-refractivity contribution is 5.79. The van der Waals surface area contributed by atoms with E-state index in [0.717, 1.165) is 49.8 Å². The molecule has 0 aromatic heterocycles. The number of rotatable bonds is 7. The highest BCUT2D eigenvalue weighted by atomic mass is 16.5. The van der Waals surface area contributed by atoms with E-state index in [4.69, 9.17) is 9.84 Å². The average Bonchev–Trinajstić information content (AvgIpc) is 2.86. The largest absolute Gasteiger partial charge is 0.497 e. The molecule has 2 N–H and O–H groups in total. The lowest BCUT2D eigenvalue weighted by Gasteiger charge is -2.27. The number of ether oxygens (including phenoxy) is 1. The molecule has 2 aromatic carbocycles. The summed E-state index contributed by atoms with van der Waals surface area (Å²) >= 11 is 0. The number of para-hydroxylation sites is 1. The zero-order chi connectivity index (χ0) is 19.2. The van der Waals surface area contributed by atoms with Crippen LogP contribution in [-0.2, 0) is 17.9 Å². The van der Waals surface area contributed by atoms with Crippen molar-refractivity contribution in [2.45, 2.75) is 20.0 Å². The van der Waals surface area contributed by atoms with Gasteiger partial charge in [0, 0.05) is 26.2 Å². The predicted molar refractivity (Wildman–Crippen MR) is 108 cm³/mol. The van der Waals surface area contributed by atoms with E-state index in [-0.39, 0.29) is 6.54 Å². The minimum atomic E-state index is -0.863. The molecular formula is C21H27N3O3. The first kappa shape index (κ1) is 19.0. The highest BCUT2D eigenvalue weighted by Crippen LogP contribution is 2.34. The molecule has 0 aliphatic carbocycles. The molecule has 1 aliphatic rings. The van der Waals surface area contributed by atoms with E-state index in [0.29, 0.717) is 0 Å². The second-order valence-corrected chi connectivity index (χ2v) is 6.70. The van der Waals surface area contributed by atoms with Crippen LogP contribution in [0.25, 0.3) is 0 Å². The van der Waals surface area contributed by atoms with E-state index < -0.39 is 5.97 Å². The summed E-state index contributed by atoms with van der Waals surface area (Å²) in [5.74, 6) is -0.0193. The lowest BCUT2D eigenvalue weighted by molar-refractivity contribution is -0.134. The number of fused-ring (bicyclic) bond motifs is 1. The number of nitrogens with one attached hydrogen (secondary N) is 1. The maximum Gasteiger partial charge on any atom is 0.322 e. The molecule has 1 aliphatic heterocycles. The Bertz CT molecular complexity index is 777. The minimum Gasteiger partial charge on any atom is -0.497 e. The summed E-state index contributed by atoms with van der Waals surface area (Å²) in [6, 6.07) is 14.2. The topological polar surface area (TPSA) is 65.0 Å². The number of carbonyl (C=O) groups is 1. The molecular weight excluding hydrogens is 342 g/mol. The van der Waals surface area contributed by atoms with Crippen LogP contribution in [0.5, 0.6) is 5.75 Å². The van der Waals surface area contributed by atoms with Crippen molar-refractivity contribution in [3.8, 4) is 5.75 Å². The fourth-order valence-electron chi connectivity index (χ4n) is 3.48. The van der Waals surface area contributed by atoms with Gasteiger partial charge in [-0.05, 0) is 35.9 Å². The predicted octanol–water partition coefficient (Wildman–Crippen LogP) is 3.03. The fraction of sp³-hybridized carbons (Fsp3) is 0.381. The molecule has 0 unspecified atom stereocenters. The maximum absolute atomic E-state index is 11.0. The molecule has 0 saturated carbocycles. The van der Waals surface area contributed by atoms with Crippen molar-refractivity contribution in [1.82, 2.24) is 4.90 Å². The zero-order valence-electron chi connectivity index (χ0n) is 15.9. The SMILES string of the molecule is CCN1CCN(Cc2ccc(OC)cc2)c2c(cccc2NCC(=O)O)C1. The van der Waals surface area contributed by atoms with Gasteiger partial charge in [-0.1, -0.05) is 31.2 Å². The molecule has 0 saturated heterocycles. The lowest BCUT2D eigenvalue weighted by Crippen LogP contribution is -2.31. The van der Waals surface area contributed by atoms with E-state index >= 15 is 0 Å². The normalized spacial score (nSPS) is 14.4. The number of methoxy groups -OCH3 is 1. The number of carboxylic acid groups (broad SMARTS) is 1. The van der Waals surface area contributed by atoms with Crippen LogP contribution >= 0.6 is 0 Å². The van der Waals surface area contributed by atoms with Crippen LogP contribution in [0.4, 0.5) is 11.4 Å². The molecule has 0 atom stereocenters. The standard InChI is InChI=1S/C21H27N3O3/c1-3-23-11-12-24(14-16-7-9-18(27-2)10-8-16)21-17(15-23)5-4-6-19(21)22-13-20(25)26/h4-10,22H,3,11-15H2,1-2H3,(H,25,26). The second-order valence-electron chi connectivity index (χ2n) is 6.70. The lowest BCUT2D eigenvalue weighted by atomic mass is 10.1. The Balaban J connectivity index is 1.92. The van der Waals surface area contributed by atoms with Crippen molar-refractivity contribution in [1.29, 1.82) is 0 Å². The average molecular weight is 369 g/mol. The van der Waals surface area contributed by atoms with Gasteiger partial charge in [0.05, 0.1) is 18.5 Å². The summed E-state index contributed by atoms with van der Waals surface area (Å²) in [5, 5.41) is 12.2. The first-order valence-electron chi connectivity index (χ1n) is 9.28. The number of aliphatic carboxylic acids is 1. The van der Waals surface area contributed by atoms with Crippen molar-refractivity contribution in [3.63, 3.8) is 0 Å². The number of anilines is 2. The number of carboxylic acids is 1. The third-order valence-electron chi connectivity index (χ3n) is 4.93. The van der Waals surface area contributed by atoms with Crippen LogP contribution < -0.4 is 15.0 Å². The smallest absolute Gasteiger partial charge is 0.322 e. The van der Waals surface area contributed by atoms with Crippen molar-refractivity contribution in [2.75, 3.05) is 43.5 Å². The molecule has 0 amide bonds. The summed E-state index contributed by atoms with van der Waals surface area (Å²) in [7, 11) is 1.67. The van der Waals surface area contributed by atoms with Gasteiger partial charge in [-0.2, -0.15) is 0 Å². The molecule has 6 heteroatoms. The zero-order valence-corrected chi connectivity index (χ0v) is 15.9. The van der Waals surface area contributed by atoms with Gasteiger partial charge in [-0.3, -0.25) is 9.69 Å². The maximum atomic E-state index is 11.0. The third-order valence-corrected chi connectivity index (χ3v) is 4.93. The summed E-state index contributed by atoms with van der Waals surface area (Å²) in [4.78, 5) is 15.8. The van der Waals surface area contributed by atoms with Gasteiger partial charge in [0.1, 0.15) is 12.3 Å². The Labute approximate surface area is 160 Å². The number of nitrogens with zero attached hydrogens (tertiary/aromatic N) is 2. The molecule has 144 valence electrons. The van der Waals surface area contributed by atoms with Crippen molar-refractivity contribution >= 4 is 17.3 Å². The molecule has 2 aromatic rings. The van der Waals surface area contributed by atoms with Crippen molar-refractivity contribution in [3.05, 3.63) is 53.6 Å². The van der Waals surface area contributed by atoms with Crippen molar-refractivity contribution in [2.24, 2.45) is 0 Å². The monoisotopic (exact) mass is 369 g/mol. The van der Waals surface area contributed by atoms with E-state index in [2.05, 4.69) is 40.2 Å². The summed E-state index contributed by atoms with van der Waals surface area (Å²) in [6.07, 6.45) is 0.